The lowest BCUT2D eigenvalue weighted by molar-refractivity contribution is 0.683. The molecular formula is C15H24Cl2N4S. The summed E-state index contributed by atoms with van der Waals surface area (Å²) in [7, 11) is 6.12. The van der Waals surface area contributed by atoms with Crippen LogP contribution in [-0.2, 0) is 20.1 Å². The molecule has 0 aromatic carbocycles. The summed E-state index contributed by atoms with van der Waals surface area (Å²) in [4.78, 5) is 3.37. The van der Waals surface area contributed by atoms with Gasteiger partial charge in [0, 0.05) is 44.7 Å². The molecule has 7 heteroatoms. The predicted molar refractivity (Wildman–Crippen MR) is 98.7 cm³/mol. The maximum atomic E-state index is 5.96. The number of hydrogen-bond acceptors (Lipinski definition) is 4. The topological polar surface area (TPSA) is 33.1 Å². The standard InChI is InChI=1S/C15H23ClN4S.ClH/c1-10(2)14-12(15(19(3)4)20(5)18-14)9-17-8-11-6-7-13(16)21-11;/h6-7,10,17H,8-9H2,1-5H3;1H. The second-order valence-corrected chi connectivity index (χ2v) is 7.47. The smallest absolute Gasteiger partial charge is 0.130 e. The minimum atomic E-state index is 0. The molecule has 0 unspecified atom stereocenters. The minimum absolute atomic E-state index is 0. The Morgan fingerprint density at radius 1 is 1.32 bits per heavy atom. The van der Waals surface area contributed by atoms with Crippen LogP contribution in [-0.4, -0.2) is 23.9 Å². The van der Waals surface area contributed by atoms with E-state index in [1.54, 1.807) is 11.3 Å². The summed E-state index contributed by atoms with van der Waals surface area (Å²) >= 11 is 7.58. The Bertz CT molecular complexity index is 605. The van der Waals surface area contributed by atoms with Gasteiger partial charge in [-0.1, -0.05) is 25.4 Å². The van der Waals surface area contributed by atoms with Crippen molar-refractivity contribution in [3.63, 3.8) is 0 Å². The van der Waals surface area contributed by atoms with Gasteiger partial charge in [0.2, 0.25) is 0 Å². The molecule has 1 N–H and O–H groups in total. The molecule has 0 spiro atoms. The van der Waals surface area contributed by atoms with Crippen LogP contribution in [0.2, 0.25) is 4.34 Å². The summed E-state index contributed by atoms with van der Waals surface area (Å²) in [6, 6.07) is 4.01. The van der Waals surface area contributed by atoms with Gasteiger partial charge in [-0.25, -0.2) is 0 Å². The third kappa shape index (κ3) is 4.38. The lowest BCUT2D eigenvalue weighted by atomic mass is 10.1. The van der Waals surface area contributed by atoms with Crippen molar-refractivity contribution in [2.24, 2.45) is 7.05 Å². The highest BCUT2D eigenvalue weighted by Crippen LogP contribution is 2.27. The van der Waals surface area contributed by atoms with Gasteiger partial charge < -0.3 is 10.2 Å². The third-order valence-corrected chi connectivity index (χ3v) is 4.57. The maximum Gasteiger partial charge on any atom is 0.130 e. The van der Waals surface area contributed by atoms with Crippen LogP contribution in [0.1, 0.15) is 35.9 Å². The van der Waals surface area contributed by atoms with Crippen LogP contribution in [0.25, 0.3) is 0 Å². The number of aryl methyl sites for hydroxylation is 1. The van der Waals surface area contributed by atoms with Crippen molar-refractivity contribution in [3.8, 4) is 0 Å². The van der Waals surface area contributed by atoms with Crippen LogP contribution in [0, 0.1) is 0 Å². The van der Waals surface area contributed by atoms with Gasteiger partial charge in [0.1, 0.15) is 5.82 Å². The van der Waals surface area contributed by atoms with Crippen molar-refractivity contribution >= 4 is 41.2 Å². The summed E-state index contributed by atoms with van der Waals surface area (Å²) in [5, 5.41) is 8.18. The first-order valence-electron chi connectivity index (χ1n) is 7.08. The molecule has 0 aliphatic rings. The zero-order chi connectivity index (χ0) is 15.6. The zero-order valence-corrected chi connectivity index (χ0v) is 16.1. The second-order valence-electron chi connectivity index (χ2n) is 5.67. The van der Waals surface area contributed by atoms with Crippen LogP contribution in [0.15, 0.2) is 12.1 Å². The van der Waals surface area contributed by atoms with Crippen LogP contribution >= 0.6 is 35.3 Å². The molecule has 0 bridgehead atoms. The molecule has 0 aliphatic heterocycles. The summed E-state index contributed by atoms with van der Waals surface area (Å²) in [6.45, 7) is 6.01. The molecule has 0 saturated heterocycles. The van der Waals surface area contributed by atoms with E-state index in [0.717, 1.165) is 28.9 Å². The van der Waals surface area contributed by atoms with Gasteiger partial charge in [-0.15, -0.1) is 23.7 Å². The van der Waals surface area contributed by atoms with Gasteiger partial charge in [-0.3, -0.25) is 4.68 Å². The normalized spacial score (nSPS) is 10.9. The Labute approximate surface area is 147 Å². The monoisotopic (exact) mass is 362 g/mol. The van der Waals surface area contributed by atoms with Gasteiger partial charge in [0.05, 0.1) is 10.0 Å². The minimum Gasteiger partial charge on any atom is -0.363 e. The number of hydrogen-bond donors (Lipinski definition) is 1. The van der Waals surface area contributed by atoms with Gasteiger partial charge in [0.25, 0.3) is 0 Å². The van der Waals surface area contributed by atoms with Gasteiger partial charge in [-0.2, -0.15) is 5.10 Å². The molecule has 0 amide bonds. The van der Waals surface area contributed by atoms with E-state index in [0.29, 0.717) is 5.92 Å². The second kappa shape index (κ2) is 8.20. The lowest BCUT2D eigenvalue weighted by Crippen LogP contribution is -2.19. The van der Waals surface area contributed by atoms with Crippen LogP contribution < -0.4 is 10.2 Å². The Morgan fingerprint density at radius 3 is 2.50 bits per heavy atom. The molecule has 2 aromatic heterocycles. The highest BCUT2D eigenvalue weighted by atomic mass is 35.5. The van der Waals surface area contributed by atoms with E-state index >= 15 is 0 Å². The molecule has 0 saturated carbocycles. The Morgan fingerprint density at radius 2 is 2.00 bits per heavy atom. The largest absolute Gasteiger partial charge is 0.363 e. The van der Waals surface area contributed by atoms with E-state index in [1.807, 2.05) is 17.8 Å². The molecular weight excluding hydrogens is 339 g/mol. The molecule has 2 rings (SSSR count). The van der Waals surface area contributed by atoms with Crippen molar-refractivity contribution in [1.29, 1.82) is 0 Å². The SMILES string of the molecule is CC(C)c1nn(C)c(N(C)C)c1CNCc1ccc(Cl)s1.Cl. The molecule has 0 fully saturated rings. The first-order chi connectivity index (χ1) is 9.90. The van der Waals surface area contributed by atoms with Crippen LogP contribution in [0.4, 0.5) is 5.82 Å². The molecule has 22 heavy (non-hydrogen) atoms. The number of nitrogens with zero attached hydrogens (tertiary/aromatic N) is 3. The van der Waals surface area contributed by atoms with Gasteiger partial charge in [-0.05, 0) is 18.1 Å². The number of aromatic nitrogens is 2. The third-order valence-electron chi connectivity index (χ3n) is 3.34. The Hall–Kier alpha value is -0.750. The van der Waals surface area contributed by atoms with E-state index in [4.69, 9.17) is 11.6 Å². The number of nitrogens with one attached hydrogen (secondary N) is 1. The number of thiophene rings is 1. The fourth-order valence-electron chi connectivity index (χ4n) is 2.53. The van der Waals surface area contributed by atoms with Crippen molar-refractivity contribution < 1.29 is 0 Å². The summed E-state index contributed by atoms with van der Waals surface area (Å²) in [6.07, 6.45) is 0. The zero-order valence-electron chi connectivity index (χ0n) is 13.7. The lowest BCUT2D eigenvalue weighted by Gasteiger charge is -2.16. The van der Waals surface area contributed by atoms with E-state index in [9.17, 15) is 0 Å². The van der Waals surface area contributed by atoms with E-state index in [2.05, 4.69) is 49.3 Å². The molecule has 2 heterocycles. The molecule has 4 nitrogen and oxygen atoms in total. The molecule has 0 aliphatic carbocycles. The van der Waals surface area contributed by atoms with Crippen molar-refractivity contribution in [3.05, 3.63) is 32.6 Å². The predicted octanol–water partition coefficient (Wildman–Crippen LogP) is 4.04. The molecule has 0 atom stereocenters. The highest BCUT2D eigenvalue weighted by Gasteiger charge is 2.19. The number of anilines is 1. The highest BCUT2D eigenvalue weighted by molar-refractivity contribution is 7.16. The first-order valence-corrected chi connectivity index (χ1v) is 8.27. The summed E-state index contributed by atoms with van der Waals surface area (Å²) in [5.41, 5.74) is 2.44. The van der Waals surface area contributed by atoms with Crippen LogP contribution in [0.5, 0.6) is 0 Å². The molecule has 0 radical (unpaired) electrons. The van der Waals surface area contributed by atoms with Crippen molar-refractivity contribution in [1.82, 2.24) is 15.1 Å². The average molecular weight is 363 g/mol. The Balaban J connectivity index is 0.00000242. The van der Waals surface area contributed by atoms with Crippen molar-refractivity contribution in [2.75, 3.05) is 19.0 Å². The fraction of sp³-hybridized carbons (Fsp3) is 0.533. The summed E-state index contributed by atoms with van der Waals surface area (Å²) in [5.74, 6) is 1.58. The van der Waals surface area contributed by atoms with E-state index in [-0.39, 0.29) is 12.4 Å². The summed E-state index contributed by atoms with van der Waals surface area (Å²) < 4.78 is 2.80. The molecule has 2 aromatic rings. The quantitative estimate of drug-likeness (QED) is 0.841. The fourth-order valence-corrected chi connectivity index (χ4v) is 3.59. The molecule has 124 valence electrons. The Kier molecular flexibility index (Phi) is 7.19. The average Bonchev–Trinajstić information content (AvgIpc) is 2.93. The van der Waals surface area contributed by atoms with E-state index < -0.39 is 0 Å². The first kappa shape index (κ1) is 19.3. The number of halogens is 2. The van der Waals surface area contributed by atoms with Crippen molar-refractivity contribution in [2.45, 2.75) is 32.9 Å². The maximum absolute atomic E-state index is 5.96. The van der Waals surface area contributed by atoms with Crippen LogP contribution in [0.3, 0.4) is 0 Å². The van der Waals surface area contributed by atoms with E-state index in [1.165, 1.54) is 10.4 Å². The number of rotatable bonds is 6. The van der Waals surface area contributed by atoms with Gasteiger partial charge >= 0.3 is 0 Å². The van der Waals surface area contributed by atoms with Gasteiger partial charge in [0.15, 0.2) is 0 Å².